The molecule has 8 heteroatoms. The molecule has 0 saturated heterocycles. The van der Waals surface area contributed by atoms with Gasteiger partial charge in [-0.25, -0.2) is 9.37 Å². The molecule has 0 spiro atoms. The van der Waals surface area contributed by atoms with E-state index in [1.807, 2.05) is 35.7 Å². The molecule has 1 unspecified atom stereocenters. The minimum absolute atomic E-state index is 0.316. The highest BCUT2D eigenvalue weighted by Crippen LogP contribution is 2.26. The van der Waals surface area contributed by atoms with Gasteiger partial charge in [0.1, 0.15) is 11.5 Å². The molecule has 0 aliphatic rings. The van der Waals surface area contributed by atoms with E-state index in [1.54, 1.807) is 19.1 Å². The molecule has 3 heterocycles. The highest BCUT2D eigenvalue weighted by molar-refractivity contribution is 5.54. The molecule has 1 atom stereocenters. The minimum atomic E-state index is -0.988. The summed E-state index contributed by atoms with van der Waals surface area (Å²) in [5.74, 6) is 1.29. The first kappa shape index (κ1) is 16.2. The van der Waals surface area contributed by atoms with Crippen molar-refractivity contribution in [3.8, 4) is 0 Å². The molecule has 132 valence electrons. The Labute approximate surface area is 149 Å². The normalized spacial score (nSPS) is 13.7. The molecule has 4 N–H and O–H groups in total. The second-order valence-electron chi connectivity index (χ2n) is 6.38. The number of benzene rings is 1. The molecule has 0 aliphatic heterocycles. The van der Waals surface area contributed by atoms with Crippen molar-refractivity contribution in [2.75, 3.05) is 5.32 Å². The number of aromatic nitrogens is 5. The zero-order chi connectivity index (χ0) is 18.3. The Balaban J connectivity index is 1.81. The van der Waals surface area contributed by atoms with Crippen LogP contribution < -0.4 is 11.1 Å². The van der Waals surface area contributed by atoms with E-state index in [0.29, 0.717) is 23.2 Å². The van der Waals surface area contributed by atoms with E-state index < -0.39 is 5.54 Å². The second-order valence-corrected chi connectivity index (χ2v) is 6.38. The number of halogens is 1. The van der Waals surface area contributed by atoms with Gasteiger partial charge in [-0.3, -0.25) is 9.50 Å². The third-order valence-electron chi connectivity index (χ3n) is 4.24. The van der Waals surface area contributed by atoms with Crippen molar-refractivity contribution in [1.82, 2.24) is 24.6 Å². The van der Waals surface area contributed by atoms with E-state index in [-0.39, 0.29) is 5.82 Å². The summed E-state index contributed by atoms with van der Waals surface area (Å²) in [6, 6.07) is 11.7. The SMILES string of the molecule is Cc1cc(Nc2nc(C(C)(N)c3ccc(F)cc3)nc3cccn23)n[nH]1. The van der Waals surface area contributed by atoms with Gasteiger partial charge in [0.25, 0.3) is 0 Å². The molecule has 0 aliphatic carbocycles. The summed E-state index contributed by atoms with van der Waals surface area (Å²) < 4.78 is 15.1. The fraction of sp³-hybridized carbons (Fsp3) is 0.167. The van der Waals surface area contributed by atoms with Gasteiger partial charge in [-0.2, -0.15) is 10.1 Å². The summed E-state index contributed by atoms with van der Waals surface area (Å²) in [5.41, 5.74) is 7.89. The van der Waals surface area contributed by atoms with Crippen LogP contribution >= 0.6 is 0 Å². The standard InChI is InChI=1S/C18H18FN7/c1-11-10-14(25-24-11)21-17-23-16(22-15-4-3-9-26(15)17)18(2,20)12-5-7-13(19)8-6-12/h3-10H,20H2,1-2H3,(H2,21,22,23,24,25). The first-order valence-corrected chi connectivity index (χ1v) is 8.13. The van der Waals surface area contributed by atoms with Gasteiger partial charge >= 0.3 is 0 Å². The second kappa shape index (κ2) is 5.92. The van der Waals surface area contributed by atoms with Gasteiger partial charge in [0.2, 0.25) is 5.95 Å². The summed E-state index contributed by atoms with van der Waals surface area (Å²) in [6.45, 7) is 3.72. The molecule has 4 rings (SSSR count). The molecule has 7 nitrogen and oxygen atoms in total. The third kappa shape index (κ3) is 2.80. The highest BCUT2D eigenvalue weighted by Gasteiger charge is 2.28. The van der Waals surface area contributed by atoms with Crippen molar-refractivity contribution in [3.63, 3.8) is 0 Å². The third-order valence-corrected chi connectivity index (χ3v) is 4.24. The largest absolute Gasteiger partial charge is 0.315 e. The van der Waals surface area contributed by atoms with E-state index in [4.69, 9.17) is 5.73 Å². The predicted octanol–water partition coefficient (Wildman–Crippen LogP) is 2.87. The number of hydrogen-bond donors (Lipinski definition) is 3. The van der Waals surface area contributed by atoms with Gasteiger partial charge in [0, 0.05) is 18.0 Å². The number of H-pyrrole nitrogens is 1. The lowest BCUT2D eigenvalue weighted by atomic mass is 9.92. The number of nitrogens with two attached hydrogens (primary N) is 1. The van der Waals surface area contributed by atoms with Gasteiger partial charge in [-0.05, 0) is 43.7 Å². The number of nitrogens with zero attached hydrogens (tertiary/aromatic N) is 4. The Morgan fingerprint density at radius 3 is 2.65 bits per heavy atom. The number of fused-ring (bicyclic) bond motifs is 1. The van der Waals surface area contributed by atoms with Crippen LogP contribution in [0.15, 0.2) is 48.7 Å². The molecule has 0 fully saturated rings. The molecule has 0 bridgehead atoms. The molecule has 0 saturated carbocycles. The van der Waals surface area contributed by atoms with Crippen molar-refractivity contribution in [3.05, 3.63) is 71.6 Å². The monoisotopic (exact) mass is 351 g/mol. The van der Waals surface area contributed by atoms with Crippen LogP contribution in [-0.2, 0) is 5.54 Å². The number of aromatic amines is 1. The van der Waals surface area contributed by atoms with Crippen molar-refractivity contribution < 1.29 is 4.39 Å². The fourth-order valence-electron chi connectivity index (χ4n) is 2.77. The molecule has 26 heavy (non-hydrogen) atoms. The van der Waals surface area contributed by atoms with E-state index in [2.05, 4.69) is 25.5 Å². The Kier molecular flexibility index (Phi) is 3.69. The summed E-state index contributed by atoms with van der Waals surface area (Å²) in [4.78, 5) is 9.19. The first-order valence-electron chi connectivity index (χ1n) is 8.13. The number of nitrogens with one attached hydrogen (secondary N) is 2. The number of hydrogen-bond acceptors (Lipinski definition) is 5. The maximum Gasteiger partial charge on any atom is 0.216 e. The lowest BCUT2D eigenvalue weighted by molar-refractivity contribution is 0.553. The molecular weight excluding hydrogens is 333 g/mol. The van der Waals surface area contributed by atoms with Crippen LogP contribution in [0.3, 0.4) is 0 Å². The Bertz CT molecular complexity index is 1060. The fourth-order valence-corrected chi connectivity index (χ4v) is 2.77. The average Bonchev–Trinajstić information content (AvgIpc) is 3.24. The first-order chi connectivity index (χ1) is 12.4. The van der Waals surface area contributed by atoms with E-state index in [9.17, 15) is 4.39 Å². The predicted molar refractivity (Wildman–Crippen MR) is 96.6 cm³/mol. The zero-order valence-corrected chi connectivity index (χ0v) is 14.4. The quantitative estimate of drug-likeness (QED) is 0.525. The van der Waals surface area contributed by atoms with Crippen molar-refractivity contribution in [1.29, 1.82) is 0 Å². The van der Waals surface area contributed by atoms with Gasteiger partial charge in [0.15, 0.2) is 11.6 Å². The van der Waals surface area contributed by atoms with Crippen LogP contribution in [0.4, 0.5) is 16.2 Å². The number of rotatable bonds is 4. The van der Waals surface area contributed by atoms with E-state index in [1.165, 1.54) is 12.1 Å². The molecule has 3 aromatic heterocycles. The maximum absolute atomic E-state index is 13.3. The van der Waals surface area contributed by atoms with Crippen molar-refractivity contribution >= 4 is 17.4 Å². The van der Waals surface area contributed by atoms with Crippen LogP contribution in [0.5, 0.6) is 0 Å². The van der Waals surface area contributed by atoms with Gasteiger partial charge in [-0.1, -0.05) is 12.1 Å². The summed E-state index contributed by atoms with van der Waals surface area (Å²) in [7, 11) is 0. The van der Waals surface area contributed by atoms with E-state index >= 15 is 0 Å². The lowest BCUT2D eigenvalue weighted by Gasteiger charge is -2.24. The van der Waals surface area contributed by atoms with Crippen LogP contribution in [0, 0.1) is 12.7 Å². The summed E-state index contributed by atoms with van der Waals surface area (Å²) >= 11 is 0. The topological polar surface area (TPSA) is 96.9 Å². The Morgan fingerprint density at radius 2 is 1.96 bits per heavy atom. The van der Waals surface area contributed by atoms with Crippen molar-refractivity contribution in [2.45, 2.75) is 19.4 Å². The maximum atomic E-state index is 13.3. The highest BCUT2D eigenvalue weighted by atomic mass is 19.1. The smallest absolute Gasteiger partial charge is 0.216 e. The van der Waals surface area contributed by atoms with Gasteiger partial charge < -0.3 is 11.1 Å². The number of anilines is 2. The Morgan fingerprint density at radius 1 is 1.19 bits per heavy atom. The van der Waals surface area contributed by atoms with Gasteiger partial charge in [0.05, 0.1) is 5.54 Å². The average molecular weight is 351 g/mol. The summed E-state index contributed by atoms with van der Waals surface area (Å²) in [6.07, 6.45) is 1.85. The molecular formula is C18H18FN7. The van der Waals surface area contributed by atoms with Gasteiger partial charge in [-0.15, -0.1) is 0 Å². The summed E-state index contributed by atoms with van der Waals surface area (Å²) in [5, 5.41) is 10.2. The van der Waals surface area contributed by atoms with Crippen LogP contribution in [-0.4, -0.2) is 24.6 Å². The molecule has 4 aromatic rings. The Hall–Kier alpha value is -3.26. The minimum Gasteiger partial charge on any atom is -0.315 e. The molecule has 1 aromatic carbocycles. The van der Waals surface area contributed by atoms with Crippen molar-refractivity contribution in [2.24, 2.45) is 5.73 Å². The zero-order valence-electron chi connectivity index (χ0n) is 14.4. The van der Waals surface area contributed by atoms with Crippen LogP contribution in [0.2, 0.25) is 0 Å². The van der Waals surface area contributed by atoms with Crippen LogP contribution in [0.1, 0.15) is 24.0 Å². The molecule has 0 radical (unpaired) electrons. The van der Waals surface area contributed by atoms with E-state index in [0.717, 1.165) is 11.3 Å². The van der Waals surface area contributed by atoms with Crippen LogP contribution in [0.25, 0.3) is 5.65 Å². The lowest BCUT2D eigenvalue weighted by Crippen LogP contribution is -2.37. The number of aryl methyl sites for hydroxylation is 1. The molecule has 0 amide bonds.